The van der Waals surface area contributed by atoms with Crippen LogP contribution in [0.3, 0.4) is 0 Å². The Morgan fingerprint density at radius 3 is 1.08 bits per heavy atom. The number of esters is 2. The molecule has 0 bridgehead atoms. The molecule has 0 aliphatic rings. The lowest BCUT2D eigenvalue weighted by Gasteiger charge is -2.26. The van der Waals surface area contributed by atoms with Crippen LogP contribution in [-0.4, -0.2) is 79.9 Å². The maximum Gasteiger partial charge on any atom is 0.410 e. The van der Waals surface area contributed by atoms with Crippen LogP contribution in [0.4, 0.5) is 4.79 Å². The summed E-state index contributed by atoms with van der Waals surface area (Å²) in [6.45, 7) is 13.5. The monoisotopic (exact) mass is 933 g/mol. The molecule has 0 spiro atoms. The highest BCUT2D eigenvalue weighted by molar-refractivity contribution is 5.70. The van der Waals surface area contributed by atoms with Gasteiger partial charge in [0, 0.05) is 25.9 Å². The van der Waals surface area contributed by atoms with Crippen LogP contribution in [0.5, 0.6) is 0 Å². The van der Waals surface area contributed by atoms with Gasteiger partial charge in [-0.2, -0.15) is 0 Å². The highest BCUT2D eigenvalue weighted by Gasteiger charge is 2.21. The molecule has 0 rings (SSSR count). The van der Waals surface area contributed by atoms with Gasteiger partial charge in [-0.1, -0.05) is 175 Å². The molecule has 1 amide bonds. The average Bonchev–Trinajstić information content (AvgIpc) is 3.29. The van der Waals surface area contributed by atoms with Crippen molar-refractivity contribution in [1.29, 1.82) is 0 Å². The quantitative estimate of drug-likeness (QED) is 0.0260. The number of carbonyl (C=O) groups is 3. The number of unbranched alkanes of at least 4 members (excludes halogenated alkanes) is 23. The highest BCUT2D eigenvalue weighted by atomic mass is 16.6. The van der Waals surface area contributed by atoms with Gasteiger partial charge in [-0.05, 0) is 136 Å². The second-order valence-electron chi connectivity index (χ2n) is 20.1. The van der Waals surface area contributed by atoms with E-state index in [2.05, 4.69) is 65.8 Å². The van der Waals surface area contributed by atoms with Crippen LogP contribution in [0.25, 0.3) is 0 Å². The largest absolute Gasteiger partial charge is 0.462 e. The molecule has 8 heteroatoms. The van der Waals surface area contributed by atoms with Crippen molar-refractivity contribution in [2.75, 3.05) is 33.7 Å². The molecule has 0 aromatic rings. The van der Waals surface area contributed by atoms with E-state index in [0.717, 1.165) is 187 Å². The summed E-state index contributed by atoms with van der Waals surface area (Å²) in [6.07, 6.45) is 47.5. The van der Waals surface area contributed by atoms with Gasteiger partial charge in [0.1, 0.15) is 18.3 Å². The lowest BCUT2D eigenvalue weighted by atomic mass is 10.0. The van der Waals surface area contributed by atoms with E-state index >= 15 is 0 Å². The molecule has 0 saturated carbocycles. The predicted octanol–water partition coefficient (Wildman–Crippen LogP) is 17.4. The van der Waals surface area contributed by atoms with Gasteiger partial charge in [0.2, 0.25) is 0 Å². The third-order valence-electron chi connectivity index (χ3n) is 13.2. The van der Waals surface area contributed by atoms with E-state index < -0.39 is 0 Å². The van der Waals surface area contributed by atoms with Crippen LogP contribution >= 0.6 is 0 Å². The zero-order chi connectivity index (χ0) is 48.6. The molecular formula is C58H112N2O6. The first-order chi connectivity index (χ1) is 32.2. The first kappa shape index (κ1) is 63.9. The van der Waals surface area contributed by atoms with Crippen molar-refractivity contribution in [3.8, 4) is 0 Å². The van der Waals surface area contributed by atoms with Crippen molar-refractivity contribution in [1.82, 2.24) is 9.80 Å². The summed E-state index contributed by atoms with van der Waals surface area (Å²) in [5, 5.41) is 0. The molecule has 0 fully saturated rings. The molecule has 0 aliphatic heterocycles. The van der Waals surface area contributed by atoms with Crippen molar-refractivity contribution in [3.63, 3.8) is 0 Å². The Kier molecular flexibility index (Phi) is 47.8. The molecule has 0 saturated heterocycles. The molecule has 0 unspecified atom stereocenters. The Labute approximate surface area is 410 Å². The van der Waals surface area contributed by atoms with Crippen LogP contribution in [0, 0.1) is 0 Å². The molecule has 8 nitrogen and oxygen atoms in total. The van der Waals surface area contributed by atoms with Gasteiger partial charge < -0.3 is 24.0 Å². The Morgan fingerprint density at radius 2 is 0.712 bits per heavy atom. The van der Waals surface area contributed by atoms with Crippen LogP contribution in [0.1, 0.15) is 291 Å². The molecule has 0 atom stereocenters. The van der Waals surface area contributed by atoms with E-state index in [0.29, 0.717) is 12.8 Å². The fourth-order valence-electron chi connectivity index (χ4n) is 8.94. The number of nitrogens with zero attached hydrogens (tertiary/aromatic N) is 2. The Balaban J connectivity index is 5.00. The van der Waals surface area contributed by atoms with Gasteiger partial charge in [0.05, 0.1) is 0 Å². The van der Waals surface area contributed by atoms with E-state index in [9.17, 15) is 14.4 Å². The van der Waals surface area contributed by atoms with E-state index in [1.165, 1.54) is 77.0 Å². The van der Waals surface area contributed by atoms with Crippen molar-refractivity contribution in [3.05, 3.63) is 12.2 Å². The summed E-state index contributed by atoms with van der Waals surface area (Å²) in [4.78, 5) is 43.4. The smallest absolute Gasteiger partial charge is 0.410 e. The summed E-state index contributed by atoms with van der Waals surface area (Å²) in [7, 11) is 4.17. The zero-order valence-electron chi connectivity index (χ0n) is 45.1. The maximum atomic E-state index is 13.7. The molecule has 0 aliphatic carbocycles. The van der Waals surface area contributed by atoms with Crippen molar-refractivity contribution in [2.45, 2.75) is 310 Å². The van der Waals surface area contributed by atoms with Gasteiger partial charge in [-0.25, -0.2) is 4.79 Å². The second-order valence-corrected chi connectivity index (χ2v) is 20.1. The van der Waals surface area contributed by atoms with E-state index in [1.54, 1.807) is 0 Å². The summed E-state index contributed by atoms with van der Waals surface area (Å²) in [5.41, 5.74) is 0. The lowest BCUT2D eigenvalue weighted by molar-refractivity contribution is -0.151. The number of hydrogen-bond acceptors (Lipinski definition) is 7. The third kappa shape index (κ3) is 43.2. The van der Waals surface area contributed by atoms with Gasteiger partial charge in [-0.15, -0.1) is 0 Å². The van der Waals surface area contributed by atoms with Crippen molar-refractivity contribution < 1.29 is 28.6 Å². The number of hydrogen-bond donors (Lipinski definition) is 0. The molecule has 0 aromatic heterocycles. The zero-order valence-corrected chi connectivity index (χ0v) is 45.1. The topological polar surface area (TPSA) is 85.4 Å². The van der Waals surface area contributed by atoms with Gasteiger partial charge >= 0.3 is 18.0 Å². The number of rotatable bonds is 50. The summed E-state index contributed by atoms with van der Waals surface area (Å²) in [5.74, 6) is -0.0114. The minimum atomic E-state index is -0.148. The molecule has 0 heterocycles. The number of allylic oxidation sites excluding steroid dienone is 2. The predicted molar refractivity (Wildman–Crippen MR) is 282 cm³/mol. The Morgan fingerprint density at radius 1 is 0.379 bits per heavy atom. The third-order valence-corrected chi connectivity index (χ3v) is 13.2. The first-order valence-electron chi connectivity index (χ1n) is 28.8. The average molecular weight is 934 g/mol. The molecule has 66 heavy (non-hydrogen) atoms. The minimum absolute atomic E-state index is 0.00572. The molecule has 0 radical (unpaired) electrons. The van der Waals surface area contributed by atoms with E-state index in [-0.39, 0.29) is 36.3 Å². The summed E-state index contributed by atoms with van der Waals surface area (Å²) >= 11 is 0. The fraction of sp³-hybridized carbons (Fsp3) is 0.914. The fourth-order valence-corrected chi connectivity index (χ4v) is 8.94. The number of carbonyl (C=O) groups excluding carboxylic acids is 3. The van der Waals surface area contributed by atoms with Crippen LogP contribution in [-0.2, 0) is 23.8 Å². The standard InChI is InChI=1S/C58H112N2O6/c1-8-13-18-31-40-51-60(52-41-50-59(6)7)58(63)66-55(46-36-27-23-25-29-38-48-56(61)64-53(42-32-19-14-9-2)43-33-20-15-10-3)47-37-28-24-26-30-39-49-57(62)65-54(44-34-21-16-11-4)45-35-22-17-12-5/h13,18,53-55H,8-12,14-17,19-52H2,1-7H3/b18-13-. The number of amides is 1. The lowest BCUT2D eigenvalue weighted by Crippen LogP contribution is -2.37. The summed E-state index contributed by atoms with van der Waals surface area (Å²) in [6, 6.07) is 0. The Hall–Kier alpha value is -2.09. The molecular weight excluding hydrogens is 821 g/mol. The minimum Gasteiger partial charge on any atom is -0.462 e. The van der Waals surface area contributed by atoms with E-state index in [1.807, 2.05) is 4.90 Å². The van der Waals surface area contributed by atoms with Crippen molar-refractivity contribution in [2.24, 2.45) is 0 Å². The van der Waals surface area contributed by atoms with Gasteiger partial charge in [-0.3, -0.25) is 9.59 Å². The van der Waals surface area contributed by atoms with Crippen LogP contribution < -0.4 is 0 Å². The molecule has 390 valence electrons. The Bertz CT molecular complexity index is 1020. The highest BCUT2D eigenvalue weighted by Crippen LogP contribution is 2.21. The maximum absolute atomic E-state index is 13.7. The molecule has 0 aromatic carbocycles. The SMILES string of the molecule is CC/C=C\CCCN(CCCN(C)C)C(=O)OC(CCCCCCCCC(=O)OC(CCCCCC)CCCCCC)CCCCCCCCC(=O)OC(CCCCCC)CCCCCC. The van der Waals surface area contributed by atoms with Gasteiger partial charge in [0.25, 0.3) is 0 Å². The van der Waals surface area contributed by atoms with Crippen molar-refractivity contribution >= 4 is 18.0 Å². The number of ether oxygens (including phenoxy) is 3. The molecule has 0 N–H and O–H groups in total. The normalized spacial score (nSPS) is 11.8. The van der Waals surface area contributed by atoms with Crippen LogP contribution in [0.15, 0.2) is 12.2 Å². The van der Waals surface area contributed by atoms with Gasteiger partial charge in [0.15, 0.2) is 0 Å². The first-order valence-corrected chi connectivity index (χ1v) is 28.8. The second kappa shape index (κ2) is 49.3. The van der Waals surface area contributed by atoms with E-state index in [4.69, 9.17) is 14.2 Å². The summed E-state index contributed by atoms with van der Waals surface area (Å²) < 4.78 is 18.4. The van der Waals surface area contributed by atoms with Crippen LogP contribution in [0.2, 0.25) is 0 Å².